The number of hydrogen-bond acceptors (Lipinski definition) is 1. The van der Waals surface area contributed by atoms with Crippen molar-refractivity contribution in [2.45, 2.75) is 0 Å². The Kier molecular flexibility index (Phi) is 15.6. The molecule has 1 aromatic carbocycles. The van der Waals surface area contributed by atoms with Gasteiger partial charge in [0.1, 0.15) is 5.75 Å². The summed E-state index contributed by atoms with van der Waals surface area (Å²) >= 11 is 5.64. The molecule has 0 unspecified atom stereocenters. The Morgan fingerprint density at radius 3 is 2.17 bits per heavy atom. The van der Waals surface area contributed by atoms with Crippen LogP contribution in [0.2, 0.25) is 5.02 Å². The van der Waals surface area contributed by atoms with Gasteiger partial charge in [-0.25, -0.2) is 0 Å². The van der Waals surface area contributed by atoms with Crippen molar-refractivity contribution in [2.24, 2.45) is 0 Å². The number of rotatable bonds is 1. The van der Waals surface area contributed by atoms with E-state index in [0.717, 1.165) is 5.75 Å². The molecule has 0 N–H and O–H groups in total. The van der Waals surface area contributed by atoms with E-state index >= 15 is 0 Å². The number of halogens is 1. The van der Waals surface area contributed by atoms with Crippen LogP contribution in [0, 0.1) is 14.9 Å². The largest absolute Gasteiger partial charge is 1.00 e. The quantitative estimate of drug-likeness (QED) is 0.478. The van der Waals surface area contributed by atoms with Crippen molar-refractivity contribution < 1.29 is 56.1 Å². The van der Waals surface area contributed by atoms with Crippen molar-refractivity contribution in [3.63, 3.8) is 0 Å². The van der Waals surface area contributed by atoms with Crippen molar-refractivity contribution in [2.75, 3.05) is 7.11 Å². The SMILES string of the molecule is COc1cccc(Cl)c1.[CH3-].[CH3-].[K+]. The molecule has 0 aliphatic heterocycles. The minimum atomic E-state index is 0. The van der Waals surface area contributed by atoms with Gasteiger partial charge in [0, 0.05) is 5.02 Å². The van der Waals surface area contributed by atoms with Gasteiger partial charge >= 0.3 is 51.4 Å². The van der Waals surface area contributed by atoms with Crippen LogP contribution in [0.3, 0.4) is 0 Å². The predicted octanol–water partition coefficient (Wildman–Crippen LogP) is 0.253. The average molecular weight is 212 g/mol. The Balaban J connectivity index is -0.000000270. The zero-order valence-electron chi connectivity index (χ0n) is 8.10. The first kappa shape index (κ1) is 18.7. The molecule has 0 bridgehead atoms. The zero-order valence-corrected chi connectivity index (χ0v) is 12.0. The Bertz CT molecular complexity index is 203. The van der Waals surface area contributed by atoms with E-state index in [9.17, 15) is 0 Å². The third-order valence-corrected chi connectivity index (χ3v) is 1.27. The van der Waals surface area contributed by atoms with Gasteiger partial charge in [-0.2, -0.15) is 0 Å². The summed E-state index contributed by atoms with van der Waals surface area (Å²) in [5, 5.41) is 0.703. The molecule has 0 radical (unpaired) electrons. The van der Waals surface area contributed by atoms with Crippen LogP contribution in [0.5, 0.6) is 5.75 Å². The summed E-state index contributed by atoms with van der Waals surface area (Å²) in [6.45, 7) is 0. The van der Waals surface area contributed by atoms with Crippen molar-refractivity contribution in [3.05, 3.63) is 44.1 Å². The second-order valence-corrected chi connectivity index (χ2v) is 2.10. The fourth-order valence-electron chi connectivity index (χ4n) is 0.594. The maximum absolute atomic E-state index is 5.64. The van der Waals surface area contributed by atoms with Crippen molar-refractivity contribution in [3.8, 4) is 5.75 Å². The summed E-state index contributed by atoms with van der Waals surface area (Å²) in [7, 11) is 1.62. The van der Waals surface area contributed by atoms with Gasteiger partial charge in [-0.15, -0.1) is 0 Å². The van der Waals surface area contributed by atoms with Gasteiger partial charge in [-0.05, 0) is 18.2 Å². The molecule has 12 heavy (non-hydrogen) atoms. The van der Waals surface area contributed by atoms with E-state index in [0.29, 0.717) is 5.02 Å². The van der Waals surface area contributed by atoms with Gasteiger partial charge in [0.05, 0.1) is 7.11 Å². The fourth-order valence-corrected chi connectivity index (χ4v) is 0.774. The molecule has 0 amide bonds. The molecule has 0 heterocycles. The number of benzene rings is 1. The summed E-state index contributed by atoms with van der Waals surface area (Å²) in [5.41, 5.74) is 0. The van der Waals surface area contributed by atoms with Gasteiger partial charge in [0.15, 0.2) is 0 Å². The monoisotopic (exact) mass is 211 g/mol. The minimum Gasteiger partial charge on any atom is -0.497 e. The van der Waals surface area contributed by atoms with E-state index in [1.807, 2.05) is 18.2 Å². The van der Waals surface area contributed by atoms with E-state index in [-0.39, 0.29) is 66.2 Å². The predicted molar refractivity (Wildman–Crippen MR) is 50.8 cm³/mol. The molecule has 0 spiro atoms. The average Bonchev–Trinajstić information content (AvgIpc) is 1.88. The van der Waals surface area contributed by atoms with E-state index in [2.05, 4.69) is 0 Å². The first-order valence-corrected chi connectivity index (χ1v) is 3.00. The summed E-state index contributed by atoms with van der Waals surface area (Å²) in [6, 6.07) is 7.28. The normalized spacial score (nSPS) is 6.83. The van der Waals surface area contributed by atoms with E-state index < -0.39 is 0 Å². The van der Waals surface area contributed by atoms with Gasteiger partial charge in [0.25, 0.3) is 0 Å². The molecular weight excluding hydrogens is 199 g/mol. The van der Waals surface area contributed by atoms with Crippen LogP contribution in [0.15, 0.2) is 24.3 Å². The molecule has 0 aliphatic rings. The molecule has 1 aromatic rings. The summed E-state index contributed by atoms with van der Waals surface area (Å²) in [6.07, 6.45) is 0. The molecule has 3 heteroatoms. The smallest absolute Gasteiger partial charge is 0.497 e. The Hall–Kier alpha value is 0.946. The second kappa shape index (κ2) is 10.0. The topological polar surface area (TPSA) is 9.23 Å². The van der Waals surface area contributed by atoms with Gasteiger partial charge in [-0.3, -0.25) is 0 Å². The maximum atomic E-state index is 5.64. The van der Waals surface area contributed by atoms with Crippen LogP contribution in [0.25, 0.3) is 0 Å². The van der Waals surface area contributed by atoms with Crippen LogP contribution < -0.4 is 56.1 Å². The summed E-state index contributed by atoms with van der Waals surface area (Å²) in [4.78, 5) is 0. The van der Waals surface area contributed by atoms with Crippen molar-refractivity contribution in [1.82, 2.24) is 0 Å². The Morgan fingerprint density at radius 2 is 1.83 bits per heavy atom. The third kappa shape index (κ3) is 6.46. The molecule has 0 aliphatic carbocycles. The van der Waals surface area contributed by atoms with E-state index in [1.165, 1.54) is 0 Å². The van der Waals surface area contributed by atoms with Gasteiger partial charge in [-0.1, -0.05) is 17.7 Å². The molecule has 0 saturated carbocycles. The number of ether oxygens (including phenoxy) is 1. The molecule has 64 valence electrons. The molecule has 0 fully saturated rings. The molecular formula is C9H13ClKO-. The summed E-state index contributed by atoms with van der Waals surface area (Å²) < 4.78 is 4.91. The standard InChI is InChI=1S/C7H7ClO.2CH3.K/c1-9-7-4-2-3-6(8)5-7;;;/h2-5H,1H3;2*1H3;/q;2*-1;+1. The van der Waals surface area contributed by atoms with Gasteiger partial charge < -0.3 is 19.6 Å². The van der Waals surface area contributed by atoms with Crippen LogP contribution >= 0.6 is 11.6 Å². The number of methoxy groups -OCH3 is 1. The minimum absolute atomic E-state index is 0. The van der Waals surface area contributed by atoms with Crippen LogP contribution in [-0.4, -0.2) is 7.11 Å². The fraction of sp³-hybridized carbons (Fsp3) is 0.111. The molecule has 1 nitrogen and oxygen atoms in total. The Morgan fingerprint density at radius 1 is 1.25 bits per heavy atom. The van der Waals surface area contributed by atoms with Crippen molar-refractivity contribution >= 4 is 11.6 Å². The first-order chi connectivity index (χ1) is 4.33. The molecule has 0 aromatic heterocycles. The maximum Gasteiger partial charge on any atom is 1.00 e. The molecule has 1 rings (SSSR count). The first-order valence-electron chi connectivity index (χ1n) is 2.62. The Labute approximate surface area is 123 Å². The van der Waals surface area contributed by atoms with Crippen LogP contribution in [0.1, 0.15) is 0 Å². The second-order valence-electron chi connectivity index (χ2n) is 1.66. The number of hydrogen-bond donors (Lipinski definition) is 0. The molecule has 0 saturated heterocycles. The van der Waals surface area contributed by atoms with Crippen molar-refractivity contribution in [1.29, 1.82) is 0 Å². The third-order valence-electron chi connectivity index (χ3n) is 1.03. The van der Waals surface area contributed by atoms with Gasteiger partial charge in [0.2, 0.25) is 0 Å². The van der Waals surface area contributed by atoms with E-state index in [1.54, 1.807) is 13.2 Å². The van der Waals surface area contributed by atoms with E-state index in [4.69, 9.17) is 16.3 Å². The summed E-state index contributed by atoms with van der Waals surface area (Å²) in [5.74, 6) is 0.794. The zero-order chi connectivity index (χ0) is 6.69. The van der Waals surface area contributed by atoms with Crippen LogP contribution in [-0.2, 0) is 0 Å². The molecule has 0 atom stereocenters. The van der Waals surface area contributed by atoms with Crippen LogP contribution in [0.4, 0.5) is 0 Å².